The molecule has 0 aromatic carbocycles. The van der Waals surface area contributed by atoms with Crippen LogP contribution in [0.1, 0.15) is 37.6 Å². The molecule has 5 heteroatoms. The number of ether oxygens (including phenoxy) is 1. The maximum Gasteiger partial charge on any atom is 0.134 e. The summed E-state index contributed by atoms with van der Waals surface area (Å²) >= 11 is 0. The average molecular weight is 264 g/mol. The molecule has 0 bridgehead atoms. The molecule has 1 saturated carbocycles. The minimum Gasteiger partial charge on any atom is -0.376 e. The molecule has 1 fully saturated rings. The summed E-state index contributed by atoms with van der Waals surface area (Å²) in [6.45, 7) is 7.70. The maximum absolute atomic E-state index is 5.62. The van der Waals surface area contributed by atoms with E-state index in [-0.39, 0.29) is 5.60 Å². The third-order valence-corrected chi connectivity index (χ3v) is 3.88. The van der Waals surface area contributed by atoms with Gasteiger partial charge < -0.3 is 15.4 Å². The van der Waals surface area contributed by atoms with Gasteiger partial charge in [0.05, 0.1) is 5.60 Å². The highest BCUT2D eigenvalue weighted by atomic mass is 16.5. The number of nitrogens with zero attached hydrogens (tertiary/aromatic N) is 2. The summed E-state index contributed by atoms with van der Waals surface area (Å²) in [4.78, 5) is 8.92. The summed E-state index contributed by atoms with van der Waals surface area (Å²) in [5.74, 6) is 2.61. The zero-order valence-corrected chi connectivity index (χ0v) is 12.3. The molecule has 1 aliphatic rings. The Morgan fingerprint density at radius 2 is 1.79 bits per heavy atom. The Labute approximate surface area is 115 Å². The van der Waals surface area contributed by atoms with Gasteiger partial charge in [0.1, 0.15) is 17.5 Å². The van der Waals surface area contributed by atoms with E-state index in [1.807, 2.05) is 13.8 Å². The first-order valence-corrected chi connectivity index (χ1v) is 6.98. The minimum atomic E-state index is 0.00361. The smallest absolute Gasteiger partial charge is 0.134 e. The predicted molar refractivity (Wildman–Crippen MR) is 77.8 cm³/mol. The lowest BCUT2D eigenvalue weighted by Gasteiger charge is -2.40. The van der Waals surface area contributed by atoms with Crippen molar-refractivity contribution in [2.24, 2.45) is 0 Å². The SMILES string of the molecule is CCNc1nc(C)nc(NCC2(OC)CCC2)c1C. The van der Waals surface area contributed by atoms with Crippen LogP contribution in [-0.4, -0.2) is 35.8 Å². The lowest BCUT2D eigenvalue weighted by atomic mass is 9.80. The van der Waals surface area contributed by atoms with Crippen LogP contribution in [0.3, 0.4) is 0 Å². The Kier molecular flexibility index (Phi) is 4.24. The van der Waals surface area contributed by atoms with Gasteiger partial charge in [-0.05, 0) is 40.0 Å². The van der Waals surface area contributed by atoms with Crippen molar-refractivity contribution in [3.63, 3.8) is 0 Å². The summed E-state index contributed by atoms with van der Waals surface area (Å²) < 4.78 is 5.62. The molecule has 0 atom stereocenters. The number of nitrogens with one attached hydrogen (secondary N) is 2. The van der Waals surface area contributed by atoms with Crippen LogP contribution in [0, 0.1) is 13.8 Å². The molecular weight excluding hydrogens is 240 g/mol. The van der Waals surface area contributed by atoms with Crippen LogP contribution in [-0.2, 0) is 4.74 Å². The van der Waals surface area contributed by atoms with Gasteiger partial charge in [-0.3, -0.25) is 0 Å². The second-order valence-electron chi connectivity index (χ2n) is 5.22. The third kappa shape index (κ3) is 2.97. The van der Waals surface area contributed by atoms with E-state index < -0.39 is 0 Å². The summed E-state index contributed by atoms with van der Waals surface area (Å²) in [6.07, 6.45) is 3.50. The molecule has 1 aromatic heterocycles. The molecule has 0 radical (unpaired) electrons. The number of anilines is 2. The fourth-order valence-electron chi connectivity index (χ4n) is 2.41. The molecule has 19 heavy (non-hydrogen) atoms. The number of hydrogen-bond donors (Lipinski definition) is 2. The van der Waals surface area contributed by atoms with Crippen LogP contribution in [0.2, 0.25) is 0 Å². The first-order valence-electron chi connectivity index (χ1n) is 6.98. The van der Waals surface area contributed by atoms with Crippen LogP contribution >= 0.6 is 0 Å². The van der Waals surface area contributed by atoms with E-state index in [1.165, 1.54) is 6.42 Å². The van der Waals surface area contributed by atoms with Gasteiger partial charge in [0.15, 0.2) is 0 Å². The van der Waals surface area contributed by atoms with E-state index in [0.717, 1.165) is 49.0 Å². The van der Waals surface area contributed by atoms with Crippen molar-refractivity contribution in [2.45, 2.75) is 45.6 Å². The monoisotopic (exact) mass is 264 g/mol. The summed E-state index contributed by atoms with van der Waals surface area (Å²) in [5, 5.41) is 6.70. The minimum absolute atomic E-state index is 0.00361. The van der Waals surface area contributed by atoms with Crippen molar-refractivity contribution in [2.75, 3.05) is 30.8 Å². The fourth-order valence-corrected chi connectivity index (χ4v) is 2.41. The Morgan fingerprint density at radius 1 is 1.16 bits per heavy atom. The lowest BCUT2D eigenvalue weighted by molar-refractivity contribution is -0.0601. The van der Waals surface area contributed by atoms with Gasteiger partial charge in [-0.2, -0.15) is 0 Å². The zero-order valence-electron chi connectivity index (χ0n) is 12.3. The topological polar surface area (TPSA) is 59.1 Å². The molecule has 1 aliphatic carbocycles. The molecule has 2 rings (SSSR count). The molecule has 0 aliphatic heterocycles. The van der Waals surface area contributed by atoms with Crippen LogP contribution in [0.15, 0.2) is 0 Å². The van der Waals surface area contributed by atoms with Crippen molar-refractivity contribution >= 4 is 11.6 Å². The van der Waals surface area contributed by atoms with Crippen molar-refractivity contribution in [3.8, 4) is 0 Å². The zero-order chi connectivity index (χ0) is 13.9. The predicted octanol–water partition coefficient (Wildman–Crippen LogP) is 2.51. The Hall–Kier alpha value is -1.36. The Morgan fingerprint density at radius 3 is 2.26 bits per heavy atom. The Bertz CT molecular complexity index is 438. The van der Waals surface area contributed by atoms with Crippen LogP contribution < -0.4 is 10.6 Å². The van der Waals surface area contributed by atoms with Crippen LogP contribution in [0.5, 0.6) is 0 Å². The number of aryl methyl sites for hydroxylation is 1. The van der Waals surface area contributed by atoms with Crippen molar-refractivity contribution in [3.05, 3.63) is 11.4 Å². The van der Waals surface area contributed by atoms with Crippen LogP contribution in [0.25, 0.3) is 0 Å². The maximum atomic E-state index is 5.62. The van der Waals surface area contributed by atoms with Gasteiger partial charge in [-0.25, -0.2) is 9.97 Å². The second-order valence-corrected chi connectivity index (χ2v) is 5.22. The Balaban J connectivity index is 2.11. The van der Waals surface area contributed by atoms with E-state index >= 15 is 0 Å². The molecule has 0 saturated heterocycles. The number of methoxy groups -OCH3 is 1. The molecular formula is C14H24N4O. The average Bonchev–Trinajstić information content (AvgIpc) is 2.34. The normalized spacial score (nSPS) is 16.8. The van der Waals surface area contributed by atoms with Crippen molar-refractivity contribution in [1.29, 1.82) is 0 Å². The quantitative estimate of drug-likeness (QED) is 0.826. The highest BCUT2D eigenvalue weighted by Crippen LogP contribution is 2.35. The molecule has 2 N–H and O–H groups in total. The number of hydrogen-bond acceptors (Lipinski definition) is 5. The van der Waals surface area contributed by atoms with Gasteiger partial charge in [0.25, 0.3) is 0 Å². The number of aromatic nitrogens is 2. The summed E-state index contributed by atoms with van der Waals surface area (Å²) in [5.41, 5.74) is 1.07. The molecule has 5 nitrogen and oxygen atoms in total. The van der Waals surface area contributed by atoms with Gasteiger partial charge in [0.2, 0.25) is 0 Å². The third-order valence-electron chi connectivity index (χ3n) is 3.88. The van der Waals surface area contributed by atoms with Gasteiger partial charge in [0, 0.05) is 25.8 Å². The second kappa shape index (κ2) is 5.74. The summed E-state index contributed by atoms with van der Waals surface area (Å²) in [6, 6.07) is 0. The van der Waals surface area contributed by atoms with Crippen LogP contribution in [0.4, 0.5) is 11.6 Å². The molecule has 0 amide bonds. The van der Waals surface area contributed by atoms with Crippen molar-refractivity contribution < 1.29 is 4.74 Å². The van der Waals surface area contributed by atoms with Gasteiger partial charge in [-0.1, -0.05) is 0 Å². The lowest BCUT2D eigenvalue weighted by Crippen LogP contribution is -2.45. The van der Waals surface area contributed by atoms with Crippen molar-refractivity contribution in [1.82, 2.24) is 9.97 Å². The molecule has 106 valence electrons. The molecule has 1 heterocycles. The van der Waals surface area contributed by atoms with E-state index in [4.69, 9.17) is 4.74 Å². The first kappa shape index (κ1) is 14.1. The number of rotatable bonds is 6. The van der Waals surface area contributed by atoms with E-state index in [2.05, 4.69) is 27.5 Å². The summed E-state index contributed by atoms with van der Waals surface area (Å²) in [7, 11) is 1.79. The fraction of sp³-hybridized carbons (Fsp3) is 0.714. The highest BCUT2D eigenvalue weighted by molar-refractivity contribution is 5.57. The molecule has 1 aromatic rings. The van der Waals surface area contributed by atoms with E-state index in [9.17, 15) is 0 Å². The van der Waals surface area contributed by atoms with Gasteiger partial charge in [-0.15, -0.1) is 0 Å². The largest absolute Gasteiger partial charge is 0.376 e. The molecule has 0 spiro atoms. The standard InChI is InChI=1S/C14H24N4O/c1-5-15-12-10(2)13(18-11(3)17-12)16-9-14(19-4)7-6-8-14/h5-9H2,1-4H3,(H2,15,16,17,18). The highest BCUT2D eigenvalue weighted by Gasteiger charge is 2.36. The van der Waals surface area contributed by atoms with E-state index in [0.29, 0.717) is 0 Å². The first-order chi connectivity index (χ1) is 9.10. The van der Waals surface area contributed by atoms with E-state index in [1.54, 1.807) is 7.11 Å². The molecule has 0 unspecified atom stereocenters. The van der Waals surface area contributed by atoms with Gasteiger partial charge >= 0.3 is 0 Å².